The molecule has 1 unspecified atom stereocenters. The molecular weight excluding hydrogens is 304 g/mol. The Morgan fingerprint density at radius 3 is 2.67 bits per heavy atom. The van der Waals surface area contributed by atoms with E-state index in [0.717, 1.165) is 23.4 Å². The average Bonchev–Trinajstić information content (AvgIpc) is 3.11. The lowest BCUT2D eigenvalue weighted by Gasteiger charge is -2.17. The van der Waals surface area contributed by atoms with Crippen molar-refractivity contribution in [1.29, 1.82) is 0 Å². The third-order valence-electron chi connectivity index (χ3n) is 4.39. The number of benzene rings is 1. The summed E-state index contributed by atoms with van der Waals surface area (Å²) < 4.78 is 1.66. The van der Waals surface area contributed by atoms with Crippen molar-refractivity contribution in [3.63, 3.8) is 0 Å². The Morgan fingerprint density at radius 2 is 2.04 bits per heavy atom. The zero-order valence-electron chi connectivity index (χ0n) is 14.2. The molecular formula is C18H22N4O2. The minimum Gasteiger partial charge on any atom is -0.312 e. The van der Waals surface area contributed by atoms with Crippen LogP contribution in [0.2, 0.25) is 0 Å². The standard InChI is InChI=1S/C18H22N4O2/c1-4-14-10-16(21(3)20-14)19-18(24)13-9-17(23)22(11-13)15-7-5-12(2)6-8-15/h5-8,10,13H,4,9,11H2,1-3H3,(H,19,24). The van der Waals surface area contributed by atoms with E-state index in [1.54, 1.807) is 16.6 Å². The van der Waals surface area contributed by atoms with E-state index in [2.05, 4.69) is 10.4 Å². The maximum absolute atomic E-state index is 12.5. The summed E-state index contributed by atoms with van der Waals surface area (Å²) in [5.74, 6) is 0.165. The Labute approximate surface area is 141 Å². The molecule has 2 amide bonds. The number of carbonyl (C=O) groups excluding carboxylic acids is 2. The minimum absolute atomic E-state index is 0.0155. The van der Waals surface area contributed by atoms with Crippen LogP contribution in [0, 0.1) is 12.8 Å². The van der Waals surface area contributed by atoms with Crippen molar-refractivity contribution >= 4 is 23.3 Å². The van der Waals surface area contributed by atoms with E-state index < -0.39 is 0 Å². The first-order chi connectivity index (χ1) is 11.5. The largest absolute Gasteiger partial charge is 0.312 e. The van der Waals surface area contributed by atoms with Gasteiger partial charge in [0.15, 0.2) is 0 Å². The summed E-state index contributed by atoms with van der Waals surface area (Å²) in [6.07, 6.45) is 1.05. The fraction of sp³-hybridized carbons (Fsp3) is 0.389. The number of hydrogen-bond donors (Lipinski definition) is 1. The van der Waals surface area contributed by atoms with Gasteiger partial charge in [0.05, 0.1) is 11.6 Å². The Hall–Kier alpha value is -2.63. The van der Waals surface area contributed by atoms with Gasteiger partial charge in [0, 0.05) is 31.8 Å². The van der Waals surface area contributed by atoms with Crippen molar-refractivity contribution in [3.8, 4) is 0 Å². The second kappa shape index (κ2) is 6.47. The van der Waals surface area contributed by atoms with Gasteiger partial charge in [0.25, 0.3) is 0 Å². The number of rotatable bonds is 4. The third kappa shape index (κ3) is 3.18. The average molecular weight is 326 g/mol. The van der Waals surface area contributed by atoms with E-state index >= 15 is 0 Å². The Balaban J connectivity index is 1.69. The molecule has 0 spiro atoms. The third-order valence-corrected chi connectivity index (χ3v) is 4.39. The van der Waals surface area contributed by atoms with Crippen LogP contribution < -0.4 is 10.2 Å². The molecule has 0 saturated carbocycles. The van der Waals surface area contributed by atoms with E-state index in [1.165, 1.54) is 0 Å². The summed E-state index contributed by atoms with van der Waals surface area (Å²) in [6.45, 7) is 4.43. The van der Waals surface area contributed by atoms with E-state index in [4.69, 9.17) is 0 Å². The Morgan fingerprint density at radius 1 is 1.33 bits per heavy atom. The van der Waals surface area contributed by atoms with Gasteiger partial charge >= 0.3 is 0 Å². The SMILES string of the molecule is CCc1cc(NC(=O)C2CC(=O)N(c3ccc(C)cc3)C2)n(C)n1. The minimum atomic E-state index is -0.348. The van der Waals surface area contributed by atoms with Crippen molar-refractivity contribution in [2.45, 2.75) is 26.7 Å². The fourth-order valence-electron chi connectivity index (χ4n) is 2.90. The van der Waals surface area contributed by atoms with Crippen molar-refractivity contribution in [2.75, 3.05) is 16.8 Å². The molecule has 1 aromatic heterocycles. The first kappa shape index (κ1) is 16.2. The van der Waals surface area contributed by atoms with Crippen LogP contribution in [0.5, 0.6) is 0 Å². The van der Waals surface area contributed by atoms with Crippen LogP contribution in [0.3, 0.4) is 0 Å². The smallest absolute Gasteiger partial charge is 0.230 e. The summed E-state index contributed by atoms with van der Waals surface area (Å²) in [7, 11) is 1.80. The number of aromatic nitrogens is 2. The monoisotopic (exact) mass is 326 g/mol. The predicted octanol–water partition coefficient (Wildman–Crippen LogP) is 2.28. The number of nitrogens with one attached hydrogen (secondary N) is 1. The second-order valence-electron chi connectivity index (χ2n) is 6.23. The normalized spacial score (nSPS) is 17.4. The molecule has 0 radical (unpaired) electrons. The van der Waals surface area contributed by atoms with Crippen LogP contribution in [0.4, 0.5) is 11.5 Å². The van der Waals surface area contributed by atoms with E-state index in [1.807, 2.05) is 44.2 Å². The van der Waals surface area contributed by atoms with Crippen LogP contribution >= 0.6 is 0 Å². The summed E-state index contributed by atoms with van der Waals surface area (Å²) in [5.41, 5.74) is 2.91. The number of amides is 2. The first-order valence-electron chi connectivity index (χ1n) is 8.18. The van der Waals surface area contributed by atoms with Gasteiger partial charge in [-0.2, -0.15) is 5.10 Å². The number of nitrogens with zero attached hydrogens (tertiary/aromatic N) is 3. The summed E-state index contributed by atoms with van der Waals surface area (Å²) in [6, 6.07) is 9.65. The van der Waals surface area contributed by atoms with Gasteiger partial charge in [-0.3, -0.25) is 14.3 Å². The molecule has 1 atom stereocenters. The van der Waals surface area contributed by atoms with Gasteiger partial charge in [-0.25, -0.2) is 0 Å². The van der Waals surface area contributed by atoms with Crippen LogP contribution in [0.1, 0.15) is 24.6 Å². The van der Waals surface area contributed by atoms with Gasteiger partial charge in [-0.05, 0) is 25.5 Å². The molecule has 3 rings (SSSR count). The quantitative estimate of drug-likeness (QED) is 0.937. The molecule has 2 aromatic rings. The molecule has 0 aliphatic carbocycles. The molecule has 1 aliphatic heterocycles. The maximum atomic E-state index is 12.5. The van der Waals surface area contributed by atoms with Gasteiger partial charge in [0.1, 0.15) is 5.82 Å². The molecule has 24 heavy (non-hydrogen) atoms. The highest BCUT2D eigenvalue weighted by Crippen LogP contribution is 2.26. The summed E-state index contributed by atoms with van der Waals surface area (Å²) in [4.78, 5) is 26.5. The molecule has 2 heterocycles. The molecule has 1 saturated heterocycles. The molecule has 1 aromatic carbocycles. The first-order valence-corrected chi connectivity index (χ1v) is 8.18. The molecule has 6 heteroatoms. The Kier molecular flexibility index (Phi) is 4.38. The number of anilines is 2. The predicted molar refractivity (Wildman–Crippen MR) is 92.9 cm³/mol. The second-order valence-corrected chi connectivity index (χ2v) is 6.23. The molecule has 126 valence electrons. The van der Waals surface area contributed by atoms with Crippen molar-refractivity contribution in [2.24, 2.45) is 13.0 Å². The Bertz CT molecular complexity index is 764. The lowest BCUT2D eigenvalue weighted by molar-refractivity contribution is -0.122. The van der Waals surface area contributed by atoms with E-state index in [9.17, 15) is 9.59 Å². The van der Waals surface area contributed by atoms with Gasteiger partial charge in [-0.15, -0.1) is 0 Å². The number of carbonyl (C=O) groups is 2. The van der Waals surface area contributed by atoms with Crippen LogP contribution in [0.15, 0.2) is 30.3 Å². The molecule has 1 fully saturated rings. The molecule has 6 nitrogen and oxygen atoms in total. The van der Waals surface area contributed by atoms with Crippen LogP contribution in [-0.4, -0.2) is 28.1 Å². The van der Waals surface area contributed by atoms with Crippen LogP contribution in [0.25, 0.3) is 0 Å². The molecule has 1 aliphatic rings. The number of aryl methyl sites for hydroxylation is 3. The van der Waals surface area contributed by atoms with Crippen molar-refractivity contribution in [3.05, 3.63) is 41.6 Å². The summed E-state index contributed by atoms with van der Waals surface area (Å²) in [5, 5.41) is 7.21. The summed E-state index contributed by atoms with van der Waals surface area (Å²) >= 11 is 0. The van der Waals surface area contributed by atoms with Gasteiger partial charge in [-0.1, -0.05) is 24.6 Å². The number of hydrogen-bond acceptors (Lipinski definition) is 3. The highest BCUT2D eigenvalue weighted by atomic mass is 16.2. The maximum Gasteiger partial charge on any atom is 0.230 e. The lowest BCUT2D eigenvalue weighted by atomic mass is 10.1. The van der Waals surface area contributed by atoms with Crippen molar-refractivity contribution in [1.82, 2.24) is 9.78 Å². The molecule has 0 bridgehead atoms. The van der Waals surface area contributed by atoms with Gasteiger partial charge in [0.2, 0.25) is 11.8 Å². The van der Waals surface area contributed by atoms with Crippen molar-refractivity contribution < 1.29 is 9.59 Å². The highest BCUT2D eigenvalue weighted by molar-refractivity contribution is 6.03. The van der Waals surface area contributed by atoms with Crippen LogP contribution in [-0.2, 0) is 23.1 Å². The molecule has 1 N–H and O–H groups in total. The zero-order valence-corrected chi connectivity index (χ0v) is 14.2. The fourth-order valence-corrected chi connectivity index (χ4v) is 2.90. The highest BCUT2D eigenvalue weighted by Gasteiger charge is 2.35. The topological polar surface area (TPSA) is 67.2 Å². The van der Waals surface area contributed by atoms with E-state index in [0.29, 0.717) is 12.4 Å². The lowest BCUT2D eigenvalue weighted by Crippen LogP contribution is -2.28. The zero-order chi connectivity index (χ0) is 17.3. The van der Waals surface area contributed by atoms with E-state index in [-0.39, 0.29) is 24.2 Å². The van der Waals surface area contributed by atoms with Gasteiger partial charge < -0.3 is 10.2 Å².